The van der Waals surface area contributed by atoms with E-state index in [1.54, 1.807) is 0 Å². The summed E-state index contributed by atoms with van der Waals surface area (Å²) in [5.41, 5.74) is 5.78. The van der Waals surface area contributed by atoms with Gasteiger partial charge in [0.25, 0.3) is 0 Å². The molecule has 0 radical (unpaired) electrons. The smallest absolute Gasteiger partial charge is 0.134 e. The predicted octanol–water partition coefficient (Wildman–Crippen LogP) is 0.899. The van der Waals surface area contributed by atoms with Crippen LogP contribution in [0.2, 0.25) is 0 Å². The van der Waals surface area contributed by atoms with E-state index >= 15 is 0 Å². The molecule has 0 atom stereocenters. The van der Waals surface area contributed by atoms with Gasteiger partial charge in [-0.05, 0) is 25.7 Å². The molecule has 2 heterocycles. The fourth-order valence-corrected chi connectivity index (χ4v) is 2.56. The Morgan fingerprint density at radius 1 is 1.22 bits per heavy atom. The number of hydrogen-bond donors (Lipinski definition) is 1. The SMILES string of the molecule is Cc1nc(N)cc(N2CCN(CC3CC3)CC2)n1. The quantitative estimate of drug-likeness (QED) is 0.860. The van der Waals surface area contributed by atoms with Crippen molar-refractivity contribution in [2.24, 2.45) is 5.92 Å². The van der Waals surface area contributed by atoms with E-state index in [2.05, 4.69) is 19.8 Å². The lowest BCUT2D eigenvalue weighted by Crippen LogP contribution is -2.47. The van der Waals surface area contributed by atoms with Crippen molar-refractivity contribution in [2.75, 3.05) is 43.4 Å². The van der Waals surface area contributed by atoms with Crippen LogP contribution in [0.15, 0.2) is 6.07 Å². The van der Waals surface area contributed by atoms with E-state index in [0.717, 1.165) is 43.7 Å². The lowest BCUT2D eigenvalue weighted by Gasteiger charge is -2.35. The Morgan fingerprint density at radius 2 is 1.94 bits per heavy atom. The maximum absolute atomic E-state index is 5.78. The lowest BCUT2D eigenvalue weighted by molar-refractivity contribution is 0.247. The number of nitrogen functional groups attached to an aromatic ring is 1. The molecule has 0 aromatic carbocycles. The first-order valence-electron chi connectivity index (χ1n) is 6.79. The molecule has 5 heteroatoms. The molecule has 0 bridgehead atoms. The zero-order chi connectivity index (χ0) is 12.5. The van der Waals surface area contributed by atoms with Crippen LogP contribution in [-0.2, 0) is 0 Å². The minimum Gasteiger partial charge on any atom is -0.384 e. The maximum atomic E-state index is 5.78. The summed E-state index contributed by atoms with van der Waals surface area (Å²) in [5, 5.41) is 0. The van der Waals surface area contributed by atoms with E-state index in [1.165, 1.54) is 19.4 Å². The van der Waals surface area contributed by atoms with Crippen molar-refractivity contribution in [1.29, 1.82) is 0 Å². The average molecular weight is 247 g/mol. The number of aryl methyl sites for hydroxylation is 1. The largest absolute Gasteiger partial charge is 0.384 e. The summed E-state index contributed by atoms with van der Waals surface area (Å²) in [7, 11) is 0. The Bertz CT molecular complexity index is 401. The average Bonchev–Trinajstić information content (AvgIpc) is 3.12. The molecule has 3 rings (SSSR count). The Balaban J connectivity index is 1.60. The molecule has 18 heavy (non-hydrogen) atoms. The van der Waals surface area contributed by atoms with Gasteiger partial charge < -0.3 is 10.6 Å². The summed E-state index contributed by atoms with van der Waals surface area (Å²) in [6, 6.07) is 1.88. The Morgan fingerprint density at radius 3 is 2.56 bits per heavy atom. The summed E-state index contributed by atoms with van der Waals surface area (Å²) in [5.74, 6) is 3.28. The summed E-state index contributed by atoms with van der Waals surface area (Å²) in [6.07, 6.45) is 2.86. The molecule has 0 unspecified atom stereocenters. The number of nitrogens with two attached hydrogens (primary N) is 1. The van der Waals surface area contributed by atoms with Crippen LogP contribution in [0.3, 0.4) is 0 Å². The molecule has 1 aliphatic carbocycles. The third kappa shape index (κ3) is 2.72. The number of aromatic nitrogens is 2. The van der Waals surface area contributed by atoms with Gasteiger partial charge in [0, 0.05) is 38.8 Å². The molecule has 0 spiro atoms. The van der Waals surface area contributed by atoms with Crippen molar-refractivity contribution in [1.82, 2.24) is 14.9 Å². The second kappa shape index (κ2) is 4.72. The van der Waals surface area contributed by atoms with E-state index in [1.807, 2.05) is 13.0 Å². The summed E-state index contributed by atoms with van der Waals surface area (Å²) in [6.45, 7) is 7.55. The lowest BCUT2D eigenvalue weighted by atomic mass is 10.2. The van der Waals surface area contributed by atoms with E-state index in [4.69, 9.17) is 5.73 Å². The second-order valence-electron chi connectivity index (χ2n) is 5.43. The van der Waals surface area contributed by atoms with Gasteiger partial charge in [0.05, 0.1) is 0 Å². The fraction of sp³-hybridized carbons (Fsp3) is 0.692. The van der Waals surface area contributed by atoms with Crippen LogP contribution in [0.25, 0.3) is 0 Å². The molecule has 0 amide bonds. The van der Waals surface area contributed by atoms with Gasteiger partial charge in [-0.25, -0.2) is 9.97 Å². The number of piperazine rings is 1. The molecule has 1 aromatic rings. The highest BCUT2D eigenvalue weighted by Gasteiger charge is 2.26. The Kier molecular flexibility index (Phi) is 3.07. The maximum Gasteiger partial charge on any atom is 0.134 e. The van der Waals surface area contributed by atoms with E-state index in [-0.39, 0.29) is 0 Å². The third-order valence-electron chi connectivity index (χ3n) is 3.75. The van der Waals surface area contributed by atoms with E-state index < -0.39 is 0 Å². The van der Waals surface area contributed by atoms with Crippen molar-refractivity contribution in [3.8, 4) is 0 Å². The van der Waals surface area contributed by atoms with Crippen LogP contribution >= 0.6 is 0 Å². The van der Waals surface area contributed by atoms with Gasteiger partial charge in [0.2, 0.25) is 0 Å². The number of anilines is 2. The van der Waals surface area contributed by atoms with Crippen LogP contribution in [0, 0.1) is 12.8 Å². The number of rotatable bonds is 3. The number of nitrogens with zero attached hydrogens (tertiary/aromatic N) is 4. The van der Waals surface area contributed by atoms with Gasteiger partial charge in [0.15, 0.2) is 0 Å². The van der Waals surface area contributed by atoms with Crippen molar-refractivity contribution in [3.05, 3.63) is 11.9 Å². The topological polar surface area (TPSA) is 58.3 Å². The molecule has 2 N–H and O–H groups in total. The van der Waals surface area contributed by atoms with Gasteiger partial charge in [-0.2, -0.15) is 0 Å². The summed E-state index contributed by atoms with van der Waals surface area (Å²) >= 11 is 0. The highest BCUT2D eigenvalue weighted by atomic mass is 15.3. The van der Waals surface area contributed by atoms with Crippen molar-refractivity contribution in [2.45, 2.75) is 19.8 Å². The molecular weight excluding hydrogens is 226 g/mol. The first-order chi connectivity index (χ1) is 8.70. The molecular formula is C13H21N5. The molecule has 1 aromatic heterocycles. The Labute approximate surface area is 108 Å². The van der Waals surface area contributed by atoms with Gasteiger partial charge in [-0.3, -0.25) is 4.90 Å². The minimum atomic E-state index is 0.568. The molecule has 5 nitrogen and oxygen atoms in total. The van der Waals surface area contributed by atoms with Crippen molar-refractivity contribution in [3.63, 3.8) is 0 Å². The molecule has 1 saturated carbocycles. The van der Waals surface area contributed by atoms with Gasteiger partial charge in [0.1, 0.15) is 17.5 Å². The first-order valence-corrected chi connectivity index (χ1v) is 6.79. The predicted molar refractivity (Wildman–Crippen MR) is 72.6 cm³/mol. The van der Waals surface area contributed by atoms with Gasteiger partial charge in [-0.15, -0.1) is 0 Å². The standard InChI is InChI=1S/C13H21N5/c1-10-15-12(14)8-13(16-10)18-6-4-17(5-7-18)9-11-2-3-11/h8,11H,2-7,9H2,1H3,(H2,14,15,16). The Hall–Kier alpha value is -1.36. The van der Waals surface area contributed by atoms with Crippen LogP contribution < -0.4 is 10.6 Å². The van der Waals surface area contributed by atoms with Crippen LogP contribution in [0.4, 0.5) is 11.6 Å². The highest BCUT2D eigenvalue weighted by Crippen LogP contribution is 2.30. The number of hydrogen-bond acceptors (Lipinski definition) is 5. The van der Waals surface area contributed by atoms with Crippen LogP contribution in [0.1, 0.15) is 18.7 Å². The van der Waals surface area contributed by atoms with Crippen molar-refractivity contribution >= 4 is 11.6 Å². The van der Waals surface area contributed by atoms with Crippen LogP contribution in [-0.4, -0.2) is 47.6 Å². The first kappa shape index (κ1) is 11.7. The minimum absolute atomic E-state index is 0.568. The van der Waals surface area contributed by atoms with Crippen LogP contribution in [0.5, 0.6) is 0 Å². The fourth-order valence-electron chi connectivity index (χ4n) is 2.56. The highest BCUT2D eigenvalue weighted by molar-refractivity contribution is 5.47. The second-order valence-corrected chi connectivity index (χ2v) is 5.43. The molecule has 98 valence electrons. The summed E-state index contributed by atoms with van der Waals surface area (Å²) in [4.78, 5) is 13.5. The van der Waals surface area contributed by atoms with Crippen molar-refractivity contribution < 1.29 is 0 Å². The molecule has 1 aliphatic heterocycles. The third-order valence-corrected chi connectivity index (χ3v) is 3.75. The van der Waals surface area contributed by atoms with E-state index in [9.17, 15) is 0 Å². The normalized spacial score (nSPS) is 21.3. The van der Waals surface area contributed by atoms with Gasteiger partial charge in [-0.1, -0.05) is 0 Å². The monoisotopic (exact) mass is 247 g/mol. The van der Waals surface area contributed by atoms with E-state index in [0.29, 0.717) is 5.82 Å². The molecule has 1 saturated heterocycles. The molecule has 2 fully saturated rings. The molecule has 2 aliphatic rings. The zero-order valence-corrected chi connectivity index (χ0v) is 11.0. The zero-order valence-electron chi connectivity index (χ0n) is 11.0. The van der Waals surface area contributed by atoms with Gasteiger partial charge >= 0.3 is 0 Å². The summed E-state index contributed by atoms with van der Waals surface area (Å²) < 4.78 is 0.